The monoisotopic (exact) mass is 336 g/mol. The van der Waals surface area contributed by atoms with Crippen molar-refractivity contribution in [2.45, 2.75) is 0 Å². The van der Waals surface area contributed by atoms with E-state index in [-0.39, 0.29) is 11.5 Å². The topological polar surface area (TPSA) is 102 Å². The Labute approximate surface area is 142 Å². The van der Waals surface area contributed by atoms with Crippen LogP contribution in [0.3, 0.4) is 0 Å². The minimum Gasteiger partial charge on any atom is -0.395 e. The van der Waals surface area contributed by atoms with Crippen molar-refractivity contribution in [3.05, 3.63) is 93.7 Å². The number of hydrogen-bond donors (Lipinski definition) is 1. The summed E-state index contributed by atoms with van der Waals surface area (Å²) in [4.78, 5) is 34.4. The summed E-state index contributed by atoms with van der Waals surface area (Å²) >= 11 is 0. The number of nitrogens with zero attached hydrogens (tertiary/aromatic N) is 1. The second-order valence-electron chi connectivity index (χ2n) is 5.13. The molecule has 1 N–H and O–H groups in total. The number of nitro groups is 1. The van der Waals surface area contributed by atoms with Gasteiger partial charge in [-0.05, 0) is 18.2 Å². The van der Waals surface area contributed by atoms with Crippen molar-refractivity contribution < 1.29 is 18.9 Å². The quantitative estimate of drug-likeness (QED) is 0.435. The molecule has 0 unspecified atom stereocenters. The van der Waals surface area contributed by atoms with Crippen LogP contribution in [0.4, 0.5) is 11.6 Å². The highest BCUT2D eigenvalue weighted by molar-refractivity contribution is 6.10. The number of furan rings is 1. The second kappa shape index (κ2) is 6.79. The molecule has 0 aliphatic carbocycles. The number of carbonyl (C=O) groups excluding carboxylic acids is 2. The van der Waals surface area contributed by atoms with Gasteiger partial charge in [0.05, 0.1) is 6.07 Å². The summed E-state index contributed by atoms with van der Waals surface area (Å²) in [7, 11) is 0. The summed E-state index contributed by atoms with van der Waals surface area (Å²) in [5.41, 5.74) is 1.33. The van der Waals surface area contributed by atoms with Crippen LogP contribution in [0, 0.1) is 10.1 Å². The lowest BCUT2D eigenvalue weighted by atomic mass is 10.0. The minimum atomic E-state index is -0.726. The van der Waals surface area contributed by atoms with E-state index in [1.807, 2.05) is 6.07 Å². The maximum Gasteiger partial charge on any atom is 0.433 e. The molecule has 0 saturated carbocycles. The van der Waals surface area contributed by atoms with Crippen LogP contribution in [-0.2, 0) is 0 Å². The van der Waals surface area contributed by atoms with Crippen LogP contribution in [0.2, 0.25) is 0 Å². The summed E-state index contributed by atoms with van der Waals surface area (Å²) in [5.74, 6) is -1.52. The number of nitrogens with one attached hydrogen (secondary N) is 1. The minimum absolute atomic E-state index is 0.176. The van der Waals surface area contributed by atoms with Crippen molar-refractivity contribution >= 4 is 23.3 Å². The van der Waals surface area contributed by atoms with Crippen molar-refractivity contribution in [1.82, 2.24) is 0 Å². The Balaban J connectivity index is 1.78. The average Bonchev–Trinajstić information content (AvgIpc) is 3.13. The van der Waals surface area contributed by atoms with E-state index >= 15 is 0 Å². The zero-order valence-corrected chi connectivity index (χ0v) is 12.8. The number of hydrogen-bond acceptors (Lipinski definition) is 5. The molecule has 7 heteroatoms. The summed E-state index contributed by atoms with van der Waals surface area (Å²) in [5, 5.41) is 13.1. The number of rotatable bonds is 5. The summed E-state index contributed by atoms with van der Waals surface area (Å²) in [6.45, 7) is 0. The molecule has 3 aromatic rings. The maximum absolute atomic E-state index is 12.4. The molecule has 1 amide bonds. The van der Waals surface area contributed by atoms with E-state index in [1.54, 1.807) is 42.5 Å². The molecule has 124 valence electrons. The zero-order chi connectivity index (χ0) is 17.8. The fourth-order valence-corrected chi connectivity index (χ4v) is 2.23. The molecular weight excluding hydrogens is 324 g/mol. The van der Waals surface area contributed by atoms with Gasteiger partial charge in [0.1, 0.15) is 4.92 Å². The van der Waals surface area contributed by atoms with Crippen LogP contribution in [0.15, 0.2) is 71.1 Å². The molecule has 2 aromatic carbocycles. The van der Waals surface area contributed by atoms with Crippen LogP contribution >= 0.6 is 0 Å². The molecule has 0 aliphatic heterocycles. The Hall–Kier alpha value is -3.74. The number of anilines is 1. The Morgan fingerprint density at radius 1 is 0.920 bits per heavy atom. The lowest BCUT2D eigenvalue weighted by molar-refractivity contribution is -0.402. The van der Waals surface area contributed by atoms with E-state index in [0.717, 1.165) is 6.07 Å². The van der Waals surface area contributed by atoms with Crippen LogP contribution in [0.25, 0.3) is 0 Å². The molecule has 25 heavy (non-hydrogen) atoms. The molecule has 0 aliphatic rings. The van der Waals surface area contributed by atoms with Gasteiger partial charge in [0.2, 0.25) is 0 Å². The normalized spacial score (nSPS) is 10.2. The highest BCUT2D eigenvalue weighted by Crippen LogP contribution is 2.19. The van der Waals surface area contributed by atoms with Gasteiger partial charge < -0.3 is 9.73 Å². The molecule has 0 saturated heterocycles. The summed E-state index contributed by atoms with van der Waals surface area (Å²) in [6.07, 6.45) is 0. The molecule has 7 nitrogen and oxygen atoms in total. The smallest absolute Gasteiger partial charge is 0.395 e. The third kappa shape index (κ3) is 3.61. The highest BCUT2D eigenvalue weighted by atomic mass is 16.6. The van der Waals surface area contributed by atoms with E-state index in [2.05, 4.69) is 5.32 Å². The van der Waals surface area contributed by atoms with Gasteiger partial charge in [0.25, 0.3) is 5.91 Å². The molecule has 0 radical (unpaired) electrons. The van der Waals surface area contributed by atoms with E-state index in [0.29, 0.717) is 16.8 Å². The summed E-state index contributed by atoms with van der Waals surface area (Å²) in [6, 6.07) is 17.5. The molecule has 1 aromatic heterocycles. The van der Waals surface area contributed by atoms with Crippen LogP contribution in [0.1, 0.15) is 26.5 Å². The lowest BCUT2D eigenvalue weighted by Crippen LogP contribution is -2.11. The first-order valence-electron chi connectivity index (χ1n) is 7.30. The second-order valence-corrected chi connectivity index (χ2v) is 5.13. The van der Waals surface area contributed by atoms with Crippen LogP contribution in [0.5, 0.6) is 0 Å². The molecule has 0 spiro atoms. The summed E-state index contributed by atoms with van der Waals surface area (Å²) < 4.78 is 4.85. The standard InChI is InChI=1S/C18H12N2O5/c21-17(12-5-2-1-3-6-12)13-7-4-8-14(11-13)19-18(22)15-9-10-16(25-15)20(23)24/h1-11H,(H,19,22). The Morgan fingerprint density at radius 2 is 1.64 bits per heavy atom. The van der Waals surface area contributed by atoms with Crippen LogP contribution in [-0.4, -0.2) is 16.6 Å². The van der Waals surface area contributed by atoms with E-state index < -0.39 is 16.7 Å². The van der Waals surface area contributed by atoms with Crippen molar-refractivity contribution in [3.63, 3.8) is 0 Å². The van der Waals surface area contributed by atoms with Gasteiger partial charge in [-0.3, -0.25) is 19.7 Å². The highest BCUT2D eigenvalue weighted by Gasteiger charge is 2.18. The fourth-order valence-electron chi connectivity index (χ4n) is 2.23. The number of ketones is 1. The van der Waals surface area contributed by atoms with E-state index in [4.69, 9.17) is 4.42 Å². The largest absolute Gasteiger partial charge is 0.433 e. The Morgan fingerprint density at radius 3 is 2.32 bits per heavy atom. The van der Waals surface area contributed by atoms with Gasteiger partial charge in [-0.25, -0.2) is 0 Å². The molecule has 0 bridgehead atoms. The van der Waals surface area contributed by atoms with Gasteiger partial charge in [0, 0.05) is 16.8 Å². The van der Waals surface area contributed by atoms with Crippen molar-refractivity contribution in [1.29, 1.82) is 0 Å². The first kappa shape index (κ1) is 16.1. The third-order valence-electron chi connectivity index (χ3n) is 3.41. The van der Waals surface area contributed by atoms with Gasteiger partial charge in [-0.2, -0.15) is 0 Å². The predicted molar refractivity (Wildman–Crippen MR) is 89.6 cm³/mol. The van der Waals surface area contributed by atoms with Gasteiger partial charge in [0.15, 0.2) is 11.5 Å². The molecular formula is C18H12N2O5. The predicted octanol–water partition coefficient (Wildman–Crippen LogP) is 3.67. The first-order chi connectivity index (χ1) is 12.0. The first-order valence-corrected chi connectivity index (χ1v) is 7.30. The van der Waals surface area contributed by atoms with E-state index in [9.17, 15) is 19.7 Å². The van der Waals surface area contributed by atoms with Crippen LogP contribution < -0.4 is 5.32 Å². The maximum atomic E-state index is 12.4. The lowest BCUT2D eigenvalue weighted by Gasteiger charge is -2.06. The van der Waals surface area contributed by atoms with Crippen molar-refractivity contribution in [2.24, 2.45) is 0 Å². The zero-order valence-electron chi connectivity index (χ0n) is 12.8. The molecule has 1 heterocycles. The molecule has 0 atom stereocenters. The van der Waals surface area contributed by atoms with Gasteiger partial charge in [-0.1, -0.05) is 42.5 Å². The Kier molecular flexibility index (Phi) is 4.38. The van der Waals surface area contributed by atoms with Gasteiger partial charge in [-0.15, -0.1) is 0 Å². The Bertz CT molecular complexity index is 947. The van der Waals surface area contributed by atoms with Crippen molar-refractivity contribution in [3.8, 4) is 0 Å². The average molecular weight is 336 g/mol. The SMILES string of the molecule is O=C(c1ccccc1)c1cccc(NC(=O)c2ccc([N+](=O)[O-])o2)c1. The third-order valence-corrected chi connectivity index (χ3v) is 3.41. The number of carbonyl (C=O) groups is 2. The number of amides is 1. The number of benzene rings is 2. The van der Waals surface area contributed by atoms with Gasteiger partial charge >= 0.3 is 5.88 Å². The van der Waals surface area contributed by atoms with Crippen molar-refractivity contribution in [2.75, 3.05) is 5.32 Å². The molecule has 0 fully saturated rings. The molecule has 3 rings (SSSR count). The fraction of sp³-hybridized carbons (Fsp3) is 0. The van der Waals surface area contributed by atoms with E-state index in [1.165, 1.54) is 12.1 Å².